The number of nitrogens with zero attached hydrogens (tertiary/aromatic N) is 1. The zero-order valence-electron chi connectivity index (χ0n) is 8.61. The molecule has 78 valence electrons. The van der Waals surface area contributed by atoms with Crippen LogP contribution >= 0.6 is 11.3 Å². The highest BCUT2D eigenvalue weighted by molar-refractivity contribution is 7.09. The SMILES string of the molecule is Cc1nc(CC(=O)c2occc2C)cs1. The summed E-state index contributed by atoms with van der Waals surface area (Å²) in [7, 11) is 0. The maximum Gasteiger partial charge on any atom is 0.204 e. The molecular weight excluding hydrogens is 210 g/mol. The average molecular weight is 221 g/mol. The van der Waals surface area contributed by atoms with E-state index in [4.69, 9.17) is 4.42 Å². The van der Waals surface area contributed by atoms with Gasteiger partial charge in [-0.2, -0.15) is 0 Å². The topological polar surface area (TPSA) is 43.1 Å². The molecule has 0 aromatic carbocycles. The zero-order valence-corrected chi connectivity index (χ0v) is 9.43. The molecular formula is C11H11NO2S. The predicted molar refractivity (Wildman–Crippen MR) is 58.3 cm³/mol. The second kappa shape index (κ2) is 3.98. The lowest BCUT2D eigenvalue weighted by molar-refractivity contribution is 0.0964. The number of aryl methyl sites for hydroxylation is 2. The van der Waals surface area contributed by atoms with Crippen molar-refractivity contribution in [1.29, 1.82) is 0 Å². The molecule has 15 heavy (non-hydrogen) atoms. The molecule has 0 spiro atoms. The van der Waals surface area contributed by atoms with Gasteiger partial charge < -0.3 is 4.42 Å². The summed E-state index contributed by atoms with van der Waals surface area (Å²) in [6.07, 6.45) is 1.85. The quantitative estimate of drug-likeness (QED) is 0.748. The van der Waals surface area contributed by atoms with Crippen LogP contribution in [0.3, 0.4) is 0 Å². The lowest BCUT2D eigenvalue weighted by Gasteiger charge is -1.95. The molecule has 0 saturated carbocycles. The molecule has 0 aliphatic carbocycles. The van der Waals surface area contributed by atoms with Gasteiger partial charge in [-0.05, 0) is 25.5 Å². The minimum atomic E-state index is -0.0113. The minimum Gasteiger partial charge on any atom is -0.461 e. The first-order valence-electron chi connectivity index (χ1n) is 4.65. The number of rotatable bonds is 3. The van der Waals surface area contributed by atoms with Crippen LogP contribution in [0.15, 0.2) is 22.1 Å². The Morgan fingerprint density at radius 2 is 2.33 bits per heavy atom. The summed E-state index contributed by atoms with van der Waals surface area (Å²) in [6.45, 7) is 3.79. The Kier molecular flexibility index (Phi) is 2.68. The van der Waals surface area contributed by atoms with E-state index in [-0.39, 0.29) is 5.78 Å². The fourth-order valence-electron chi connectivity index (χ4n) is 1.39. The Bertz CT molecular complexity index is 484. The number of furan rings is 1. The van der Waals surface area contributed by atoms with E-state index in [2.05, 4.69) is 4.98 Å². The maximum absolute atomic E-state index is 11.8. The molecule has 3 nitrogen and oxygen atoms in total. The largest absolute Gasteiger partial charge is 0.461 e. The molecule has 0 fully saturated rings. The fraction of sp³-hybridized carbons (Fsp3) is 0.273. The molecule has 0 aliphatic heterocycles. The van der Waals surface area contributed by atoms with E-state index in [1.165, 1.54) is 6.26 Å². The smallest absolute Gasteiger partial charge is 0.204 e. The normalized spacial score (nSPS) is 10.5. The molecule has 0 radical (unpaired) electrons. The minimum absolute atomic E-state index is 0.0113. The van der Waals surface area contributed by atoms with Gasteiger partial charge in [0.2, 0.25) is 5.78 Å². The third kappa shape index (κ3) is 2.15. The number of thiazole rings is 1. The molecule has 0 amide bonds. The first-order chi connectivity index (χ1) is 7.16. The summed E-state index contributed by atoms with van der Waals surface area (Å²) < 4.78 is 5.13. The number of Topliss-reactive ketones (excluding diaryl/α,β-unsaturated/α-hetero) is 1. The summed E-state index contributed by atoms with van der Waals surface area (Å²) in [5, 5.41) is 2.89. The second-order valence-electron chi connectivity index (χ2n) is 3.39. The van der Waals surface area contributed by atoms with Gasteiger partial charge >= 0.3 is 0 Å². The molecule has 2 aromatic heterocycles. The van der Waals surface area contributed by atoms with Crippen LogP contribution in [0, 0.1) is 13.8 Å². The lowest BCUT2D eigenvalue weighted by Crippen LogP contribution is -2.03. The third-order valence-corrected chi connectivity index (χ3v) is 2.95. The second-order valence-corrected chi connectivity index (χ2v) is 4.45. The molecule has 0 atom stereocenters. The highest BCUT2D eigenvalue weighted by atomic mass is 32.1. The average Bonchev–Trinajstić information content (AvgIpc) is 2.75. The number of hydrogen-bond donors (Lipinski definition) is 0. The van der Waals surface area contributed by atoms with Crippen molar-refractivity contribution in [3.8, 4) is 0 Å². The molecule has 0 unspecified atom stereocenters. The first kappa shape index (κ1) is 10.1. The van der Waals surface area contributed by atoms with Crippen LogP contribution in [0.25, 0.3) is 0 Å². The summed E-state index contributed by atoms with van der Waals surface area (Å²) in [4.78, 5) is 16.0. The molecule has 2 heterocycles. The molecule has 0 saturated heterocycles. The van der Waals surface area contributed by atoms with Crippen molar-refractivity contribution < 1.29 is 9.21 Å². The van der Waals surface area contributed by atoms with E-state index in [1.807, 2.05) is 19.2 Å². The number of ketones is 1. The number of aromatic nitrogens is 1. The monoisotopic (exact) mass is 221 g/mol. The predicted octanol–water partition coefficient (Wildman–Crippen LogP) is 2.78. The van der Waals surface area contributed by atoms with Gasteiger partial charge in [-0.25, -0.2) is 4.98 Å². The van der Waals surface area contributed by atoms with Crippen molar-refractivity contribution in [2.24, 2.45) is 0 Å². The van der Waals surface area contributed by atoms with Gasteiger partial charge in [-0.15, -0.1) is 11.3 Å². The Balaban J connectivity index is 2.14. The van der Waals surface area contributed by atoms with E-state index in [0.717, 1.165) is 16.3 Å². The highest BCUT2D eigenvalue weighted by Gasteiger charge is 2.14. The Morgan fingerprint density at radius 1 is 1.53 bits per heavy atom. The van der Waals surface area contributed by atoms with Gasteiger partial charge in [0.25, 0.3) is 0 Å². The van der Waals surface area contributed by atoms with Gasteiger partial charge in [-0.3, -0.25) is 4.79 Å². The van der Waals surface area contributed by atoms with Crippen LogP contribution in [0.2, 0.25) is 0 Å². The van der Waals surface area contributed by atoms with E-state index in [9.17, 15) is 4.79 Å². The standard InChI is InChI=1S/C11H11NO2S/c1-7-3-4-14-11(7)10(13)5-9-6-15-8(2)12-9/h3-4,6H,5H2,1-2H3. The zero-order chi connectivity index (χ0) is 10.8. The highest BCUT2D eigenvalue weighted by Crippen LogP contribution is 2.14. The summed E-state index contributed by atoms with van der Waals surface area (Å²) in [6, 6.07) is 1.79. The van der Waals surface area contributed by atoms with Crippen molar-refractivity contribution in [3.05, 3.63) is 39.7 Å². The van der Waals surface area contributed by atoms with Crippen LogP contribution in [0.4, 0.5) is 0 Å². The lowest BCUT2D eigenvalue weighted by atomic mass is 10.1. The third-order valence-electron chi connectivity index (χ3n) is 2.12. The van der Waals surface area contributed by atoms with Gasteiger partial charge in [0.1, 0.15) is 0 Å². The molecule has 4 heteroatoms. The van der Waals surface area contributed by atoms with Crippen LogP contribution in [-0.2, 0) is 6.42 Å². The molecule has 0 N–H and O–H groups in total. The van der Waals surface area contributed by atoms with Gasteiger partial charge in [0.15, 0.2) is 5.76 Å². The van der Waals surface area contributed by atoms with Crippen LogP contribution in [0.5, 0.6) is 0 Å². The van der Waals surface area contributed by atoms with Crippen molar-refractivity contribution >= 4 is 17.1 Å². The molecule has 2 aromatic rings. The van der Waals surface area contributed by atoms with Crippen molar-refractivity contribution in [2.75, 3.05) is 0 Å². The first-order valence-corrected chi connectivity index (χ1v) is 5.53. The number of carbonyl (C=O) groups excluding carboxylic acids is 1. The molecule has 0 bridgehead atoms. The maximum atomic E-state index is 11.8. The van der Waals surface area contributed by atoms with E-state index in [1.54, 1.807) is 17.4 Å². The van der Waals surface area contributed by atoms with Crippen LogP contribution in [-0.4, -0.2) is 10.8 Å². The van der Waals surface area contributed by atoms with Gasteiger partial charge in [0, 0.05) is 5.38 Å². The Hall–Kier alpha value is -1.42. The van der Waals surface area contributed by atoms with Crippen molar-refractivity contribution in [1.82, 2.24) is 4.98 Å². The van der Waals surface area contributed by atoms with Crippen molar-refractivity contribution in [2.45, 2.75) is 20.3 Å². The van der Waals surface area contributed by atoms with E-state index in [0.29, 0.717) is 12.2 Å². The van der Waals surface area contributed by atoms with Crippen molar-refractivity contribution in [3.63, 3.8) is 0 Å². The fourth-order valence-corrected chi connectivity index (χ4v) is 2.01. The van der Waals surface area contributed by atoms with Gasteiger partial charge in [-0.1, -0.05) is 0 Å². The van der Waals surface area contributed by atoms with E-state index >= 15 is 0 Å². The number of hydrogen-bond acceptors (Lipinski definition) is 4. The molecule has 2 rings (SSSR count). The van der Waals surface area contributed by atoms with Crippen LogP contribution in [0.1, 0.15) is 26.8 Å². The van der Waals surface area contributed by atoms with Crippen LogP contribution < -0.4 is 0 Å². The molecule has 0 aliphatic rings. The number of carbonyl (C=O) groups is 1. The summed E-state index contributed by atoms with van der Waals surface area (Å²) >= 11 is 1.55. The Labute approximate surface area is 91.8 Å². The summed E-state index contributed by atoms with van der Waals surface area (Å²) in [5.41, 5.74) is 1.70. The van der Waals surface area contributed by atoms with E-state index < -0.39 is 0 Å². The van der Waals surface area contributed by atoms with Gasteiger partial charge in [0.05, 0.1) is 23.4 Å². The Morgan fingerprint density at radius 3 is 2.87 bits per heavy atom. The summed E-state index contributed by atoms with van der Waals surface area (Å²) in [5.74, 6) is 0.434.